The lowest BCUT2D eigenvalue weighted by molar-refractivity contribution is -0.177. The van der Waals surface area contributed by atoms with Crippen LogP contribution in [0.1, 0.15) is 18.4 Å². The Morgan fingerprint density at radius 3 is 2.50 bits per heavy atom. The number of hydrogen-bond donors (Lipinski definition) is 0. The molecule has 1 amide bonds. The topological polar surface area (TPSA) is 51.7 Å². The monoisotopic (exact) mass is 346 g/mol. The summed E-state index contributed by atoms with van der Waals surface area (Å²) >= 11 is 0. The lowest BCUT2D eigenvalue weighted by Gasteiger charge is -2.31. The van der Waals surface area contributed by atoms with Gasteiger partial charge in [-0.15, -0.1) is 0 Å². The molecule has 0 saturated carbocycles. The number of piperidine rings is 1. The second-order valence-electron chi connectivity index (χ2n) is 5.80. The molecule has 2 heterocycles. The summed E-state index contributed by atoms with van der Waals surface area (Å²) in [6.45, 7) is 0.262. The summed E-state index contributed by atoms with van der Waals surface area (Å²) in [5.41, 5.74) is 0.943. The van der Waals surface area contributed by atoms with E-state index in [-0.39, 0.29) is 25.0 Å². The van der Waals surface area contributed by atoms with E-state index in [2.05, 4.69) is 9.72 Å². The molecular formula is C16H21F3N2O3. The first-order valence-corrected chi connectivity index (χ1v) is 7.83. The lowest BCUT2D eigenvalue weighted by atomic mass is 9.98. The zero-order valence-electron chi connectivity index (χ0n) is 13.3. The number of rotatable bonds is 7. The van der Waals surface area contributed by atoms with Crippen molar-refractivity contribution in [2.24, 2.45) is 5.92 Å². The fourth-order valence-corrected chi connectivity index (χ4v) is 2.52. The van der Waals surface area contributed by atoms with Gasteiger partial charge in [0.2, 0.25) is 5.91 Å². The smallest absolute Gasteiger partial charge is 0.372 e. The van der Waals surface area contributed by atoms with Crippen molar-refractivity contribution in [3.8, 4) is 0 Å². The van der Waals surface area contributed by atoms with Crippen molar-refractivity contribution in [2.45, 2.75) is 25.6 Å². The van der Waals surface area contributed by atoms with E-state index in [9.17, 15) is 18.0 Å². The summed E-state index contributed by atoms with van der Waals surface area (Å²) in [6.07, 6.45) is 0.322. The molecule has 1 aromatic rings. The van der Waals surface area contributed by atoms with Crippen LogP contribution in [0.4, 0.5) is 13.2 Å². The summed E-state index contributed by atoms with van der Waals surface area (Å²) in [6, 6.07) is 3.63. The average Bonchev–Trinajstić information content (AvgIpc) is 2.55. The van der Waals surface area contributed by atoms with Gasteiger partial charge in [0.25, 0.3) is 0 Å². The van der Waals surface area contributed by atoms with Gasteiger partial charge in [0.15, 0.2) is 0 Å². The summed E-state index contributed by atoms with van der Waals surface area (Å²) in [7, 11) is 0. The van der Waals surface area contributed by atoms with Gasteiger partial charge in [0.1, 0.15) is 13.2 Å². The highest BCUT2D eigenvalue weighted by Crippen LogP contribution is 2.20. The Kier molecular flexibility index (Phi) is 6.99. The Hall–Kier alpha value is -1.67. The number of ether oxygens (including phenoxy) is 2. The molecular weight excluding hydrogens is 325 g/mol. The van der Waals surface area contributed by atoms with E-state index in [1.54, 1.807) is 17.3 Å². The minimum Gasteiger partial charge on any atom is -0.372 e. The number of likely N-dealkylation sites (tertiary alicyclic amines) is 1. The number of alkyl halides is 3. The zero-order chi connectivity index (χ0) is 17.4. The van der Waals surface area contributed by atoms with Crippen molar-refractivity contribution < 1.29 is 27.4 Å². The molecule has 0 N–H and O–H groups in total. The molecule has 0 spiro atoms. The molecule has 5 nitrogen and oxygen atoms in total. The molecule has 0 bridgehead atoms. The fourth-order valence-electron chi connectivity index (χ4n) is 2.52. The third-order valence-electron chi connectivity index (χ3n) is 3.83. The zero-order valence-corrected chi connectivity index (χ0v) is 13.3. The minimum absolute atomic E-state index is 0.00242. The average molecular weight is 346 g/mol. The van der Waals surface area contributed by atoms with Crippen LogP contribution in [-0.4, -0.2) is 54.9 Å². The number of hydrogen-bond acceptors (Lipinski definition) is 4. The molecule has 0 radical (unpaired) electrons. The highest BCUT2D eigenvalue weighted by Gasteiger charge is 2.29. The minimum atomic E-state index is -4.29. The number of carbonyl (C=O) groups excluding carboxylic acids is 1. The summed E-state index contributed by atoms with van der Waals surface area (Å²) in [4.78, 5) is 17.6. The van der Waals surface area contributed by atoms with Gasteiger partial charge >= 0.3 is 6.18 Å². The lowest BCUT2D eigenvalue weighted by Crippen LogP contribution is -2.41. The third kappa shape index (κ3) is 6.84. The highest BCUT2D eigenvalue weighted by molar-refractivity contribution is 5.77. The van der Waals surface area contributed by atoms with Gasteiger partial charge in [-0.2, -0.15) is 13.2 Å². The molecule has 1 fully saturated rings. The number of aromatic nitrogens is 1. The number of pyridine rings is 1. The molecule has 0 unspecified atom stereocenters. The van der Waals surface area contributed by atoms with E-state index < -0.39 is 12.8 Å². The molecule has 0 aliphatic carbocycles. The second kappa shape index (κ2) is 8.98. The summed E-state index contributed by atoms with van der Waals surface area (Å²) in [5, 5.41) is 0. The molecule has 2 rings (SSSR count). The van der Waals surface area contributed by atoms with Gasteiger partial charge < -0.3 is 14.4 Å². The second-order valence-corrected chi connectivity index (χ2v) is 5.80. The summed E-state index contributed by atoms with van der Waals surface area (Å²) < 4.78 is 46.2. The molecule has 0 atom stereocenters. The largest absolute Gasteiger partial charge is 0.411 e. The van der Waals surface area contributed by atoms with Gasteiger partial charge in [-0.1, -0.05) is 0 Å². The number of carbonyl (C=O) groups is 1. The highest BCUT2D eigenvalue weighted by atomic mass is 19.4. The maximum absolute atomic E-state index is 12.0. The van der Waals surface area contributed by atoms with E-state index in [0.717, 1.165) is 5.56 Å². The maximum atomic E-state index is 12.0. The molecule has 24 heavy (non-hydrogen) atoms. The predicted molar refractivity (Wildman–Crippen MR) is 80.1 cm³/mol. The van der Waals surface area contributed by atoms with Crippen molar-refractivity contribution >= 4 is 5.91 Å². The van der Waals surface area contributed by atoms with E-state index in [1.807, 2.05) is 12.1 Å². The first-order chi connectivity index (χ1) is 11.4. The molecule has 134 valence electrons. The van der Waals surface area contributed by atoms with Crippen LogP contribution >= 0.6 is 0 Å². The van der Waals surface area contributed by atoms with E-state index in [1.165, 1.54) is 0 Å². The number of amides is 1. The quantitative estimate of drug-likeness (QED) is 0.761. The molecule has 0 aromatic carbocycles. The first-order valence-electron chi connectivity index (χ1n) is 7.83. The Labute approximate surface area is 138 Å². The van der Waals surface area contributed by atoms with Crippen LogP contribution in [0, 0.1) is 5.92 Å². The number of nitrogens with zero attached hydrogens (tertiary/aromatic N) is 2. The number of halogens is 3. The van der Waals surface area contributed by atoms with Crippen molar-refractivity contribution in [3.63, 3.8) is 0 Å². The van der Waals surface area contributed by atoms with Crippen molar-refractivity contribution in [1.82, 2.24) is 9.88 Å². The molecule has 1 aromatic heterocycles. The van der Waals surface area contributed by atoms with E-state index in [4.69, 9.17) is 4.74 Å². The van der Waals surface area contributed by atoms with Crippen LogP contribution in [0.2, 0.25) is 0 Å². The van der Waals surface area contributed by atoms with E-state index >= 15 is 0 Å². The molecule has 1 saturated heterocycles. The standard InChI is InChI=1S/C16H21F3N2O3/c17-16(18,19)12-24-10-14-3-7-21(8-4-14)15(22)11-23-9-13-1-5-20-6-2-13/h1-2,5-6,14H,3-4,7-12H2. The maximum Gasteiger partial charge on any atom is 0.411 e. The van der Waals surface area contributed by atoms with Gasteiger partial charge in [-0.25, -0.2) is 0 Å². The van der Waals surface area contributed by atoms with Gasteiger partial charge in [-0.05, 0) is 36.5 Å². The van der Waals surface area contributed by atoms with Crippen LogP contribution in [0.15, 0.2) is 24.5 Å². The van der Waals surface area contributed by atoms with Crippen LogP contribution in [-0.2, 0) is 20.9 Å². The van der Waals surface area contributed by atoms with Gasteiger partial charge in [-0.3, -0.25) is 9.78 Å². The van der Waals surface area contributed by atoms with Crippen molar-refractivity contribution in [3.05, 3.63) is 30.1 Å². The van der Waals surface area contributed by atoms with Crippen LogP contribution < -0.4 is 0 Å². The van der Waals surface area contributed by atoms with Gasteiger partial charge in [0, 0.05) is 32.1 Å². The third-order valence-corrected chi connectivity index (χ3v) is 3.83. The van der Waals surface area contributed by atoms with Gasteiger partial charge in [0.05, 0.1) is 6.61 Å². The first kappa shape index (κ1) is 18.7. The summed E-state index contributed by atoms with van der Waals surface area (Å²) in [5.74, 6) is -0.0344. The Balaban J connectivity index is 1.60. The fraction of sp³-hybridized carbons (Fsp3) is 0.625. The molecule has 8 heteroatoms. The van der Waals surface area contributed by atoms with E-state index in [0.29, 0.717) is 32.5 Å². The Morgan fingerprint density at radius 1 is 1.21 bits per heavy atom. The predicted octanol–water partition coefficient (Wildman–Crippen LogP) is 2.42. The van der Waals surface area contributed by atoms with Crippen LogP contribution in [0.5, 0.6) is 0 Å². The van der Waals surface area contributed by atoms with Crippen molar-refractivity contribution in [2.75, 3.05) is 32.9 Å². The Bertz CT molecular complexity index is 503. The molecule has 1 aliphatic rings. The van der Waals surface area contributed by atoms with Crippen molar-refractivity contribution in [1.29, 1.82) is 0 Å². The molecule has 1 aliphatic heterocycles. The van der Waals surface area contributed by atoms with Crippen LogP contribution in [0.25, 0.3) is 0 Å². The normalized spacial score (nSPS) is 16.4. The Morgan fingerprint density at radius 2 is 1.88 bits per heavy atom. The SMILES string of the molecule is O=C(COCc1ccncc1)N1CCC(COCC(F)(F)F)CC1. The van der Waals surface area contributed by atoms with Crippen LogP contribution in [0.3, 0.4) is 0 Å².